The first kappa shape index (κ1) is 22.0. The summed E-state index contributed by atoms with van der Waals surface area (Å²) in [5, 5.41) is 8.95. The van der Waals surface area contributed by atoms with Crippen molar-refractivity contribution in [3.63, 3.8) is 0 Å². The number of aryl methyl sites for hydroxylation is 3. The molecule has 166 valence electrons. The molecule has 8 heteroatoms. The number of aromatic nitrogens is 3. The van der Waals surface area contributed by atoms with E-state index in [1.54, 1.807) is 29.0 Å². The predicted molar refractivity (Wildman–Crippen MR) is 124 cm³/mol. The highest BCUT2D eigenvalue weighted by Crippen LogP contribution is 2.21. The van der Waals surface area contributed by atoms with E-state index >= 15 is 0 Å². The standard InChI is InChI=1S/C24H26N4O3S/c1-4-5-6-13-27-22(25)20(32(30,31)18-10-7-16(2)8-11-18)14-19-23(27)26-21-12-9-17(3)15-28(21)24(19)29/h7-12,14-15,25H,4-6,13H2,1-3H3. The number of nitrogens with one attached hydrogen (secondary N) is 1. The normalized spacial score (nSPS) is 12.0. The van der Waals surface area contributed by atoms with Gasteiger partial charge in [-0.3, -0.25) is 14.6 Å². The minimum atomic E-state index is -3.99. The summed E-state index contributed by atoms with van der Waals surface area (Å²) in [4.78, 5) is 17.9. The molecule has 3 aromatic heterocycles. The Morgan fingerprint density at radius 2 is 1.69 bits per heavy atom. The molecule has 3 heterocycles. The van der Waals surface area contributed by atoms with Crippen LogP contribution in [0.15, 0.2) is 63.2 Å². The topological polar surface area (TPSA) is 97.3 Å². The van der Waals surface area contributed by atoms with Crippen molar-refractivity contribution in [1.82, 2.24) is 14.0 Å². The summed E-state index contributed by atoms with van der Waals surface area (Å²) >= 11 is 0. The van der Waals surface area contributed by atoms with E-state index in [0.29, 0.717) is 17.8 Å². The zero-order chi connectivity index (χ0) is 23.0. The lowest BCUT2D eigenvalue weighted by atomic mass is 10.2. The molecule has 0 atom stereocenters. The van der Waals surface area contributed by atoms with Crippen LogP contribution in [-0.2, 0) is 16.4 Å². The molecule has 0 spiro atoms. The Morgan fingerprint density at radius 1 is 1.00 bits per heavy atom. The molecule has 0 aliphatic heterocycles. The molecule has 0 radical (unpaired) electrons. The van der Waals surface area contributed by atoms with Crippen LogP contribution < -0.4 is 11.0 Å². The maximum Gasteiger partial charge on any atom is 0.267 e. The lowest BCUT2D eigenvalue weighted by Gasteiger charge is -2.15. The molecule has 0 bridgehead atoms. The summed E-state index contributed by atoms with van der Waals surface area (Å²) in [6, 6.07) is 11.4. The SMILES string of the molecule is CCCCCn1c(=N)c(S(=O)(=O)c2ccc(C)cc2)cc2c(=O)n3cc(C)ccc3nc21. The van der Waals surface area contributed by atoms with Crippen LogP contribution in [0.5, 0.6) is 0 Å². The van der Waals surface area contributed by atoms with Crippen molar-refractivity contribution in [2.24, 2.45) is 0 Å². The van der Waals surface area contributed by atoms with Gasteiger partial charge in [0.2, 0.25) is 9.84 Å². The molecule has 1 aromatic carbocycles. The van der Waals surface area contributed by atoms with Crippen molar-refractivity contribution in [3.05, 3.63) is 75.6 Å². The Morgan fingerprint density at radius 3 is 2.38 bits per heavy atom. The van der Waals surface area contributed by atoms with Gasteiger partial charge in [0, 0.05) is 12.7 Å². The predicted octanol–water partition coefficient (Wildman–Crippen LogP) is 3.77. The van der Waals surface area contributed by atoms with Crippen molar-refractivity contribution in [3.8, 4) is 0 Å². The molecule has 0 aliphatic carbocycles. The van der Waals surface area contributed by atoms with E-state index in [9.17, 15) is 13.2 Å². The lowest BCUT2D eigenvalue weighted by Crippen LogP contribution is -2.30. The first-order valence-electron chi connectivity index (χ1n) is 10.7. The third-order valence-corrected chi connectivity index (χ3v) is 7.41. The van der Waals surface area contributed by atoms with E-state index in [-0.39, 0.29) is 26.2 Å². The van der Waals surface area contributed by atoms with Crippen LogP contribution in [0.1, 0.15) is 37.3 Å². The average Bonchev–Trinajstić information content (AvgIpc) is 2.76. The number of fused-ring (bicyclic) bond motifs is 2. The molecule has 0 fully saturated rings. The number of rotatable bonds is 6. The van der Waals surface area contributed by atoms with Crippen LogP contribution in [0.4, 0.5) is 0 Å². The van der Waals surface area contributed by atoms with Gasteiger partial charge in [-0.25, -0.2) is 13.4 Å². The van der Waals surface area contributed by atoms with Gasteiger partial charge in [-0.1, -0.05) is 43.5 Å². The van der Waals surface area contributed by atoms with E-state index in [4.69, 9.17) is 5.41 Å². The van der Waals surface area contributed by atoms with Crippen molar-refractivity contribution < 1.29 is 8.42 Å². The van der Waals surface area contributed by atoms with Gasteiger partial charge in [0.05, 0.1) is 10.3 Å². The molecule has 32 heavy (non-hydrogen) atoms. The van der Waals surface area contributed by atoms with Crippen molar-refractivity contribution in [2.45, 2.75) is 56.4 Å². The zero-order valence-corrected chi connectivity index (χ0v) is 19.2. The fraction of sp³-hybridized carbons (Fsp3) is 0.292. The number of nitrogens with zero attached hydrogens (tertiary/aromatic N) is 3. The zero-order valence-electron chi connectivity index (χ0n) is 18.4. The molecule has 4 aromatic rings. The number of hydrogen-bond donors (Lipinski definition) is 1. The molecule has 7 nitrogen and oxygen atoms in total. The third-order valence-electron chi connectivity index (χ3n) is 5.63. The third kappa shape index (κ3) is 3.75. The number of unbranched alkanes of at least 4 members (excludes halogenated alkanes) is 2. The quantitative estimate of drug-likeness (QED) is 0.357. The second kappa shape index (κ2) is 8.35. The Balaban J connectivity index is 2.07. The van der Waals surface area contributed by atoms with Crippen LogP contribution in [0, 0.1) is 19.3 Å². The van der Waals surface area contributed by atoms with Crippen molar-refractivity contribution >= 4 is 26.5 Å². The first-order chi connectivity index (χ1) is 15.2. The fourth-order valence-electron chi connectivity index (χ4n) is 3.80. The second-order valence-electron chi connectivity index (χ2n) is 8.12. The van der Waals surface area contributed by atoms with Crippen LogP contribution >= 0.6 is 0 Å². The summed E-state index contributed by atoms with van der Waals surface area (Å²) in [5.41, 5.74) is 2.12. The van der Waals surface area contributed by atoms with Crippen molar-refractivity contribution in [2.75, 3.05) is 0 Å². The molecule has 0 aliphatic rings. The highest BCUT2D eigenvalue weighted by atomic mass is 32.2. The number of hydrogen-bond acceptors (Lipinski definition) is 5. The Hall–Kier alpha value is -3.26. The van der Waals surface area contributed by atoms with Gasteiger partial charge in [0.1, 0.15) is 21.7 Å². The molecular formula is C24H26N4O3S. The van der Waals surface area contributed by atoms with E-state index < -0.39 is 9.84 Å². The highest BCUT2D eigenvalue weighted by molar-refractivity contribution is 7.91. The second-order valence-corrected chi connectivity index (χ2v) is 10.0. The van der Waals surface area contributed by atoms with Gasteiger partial charge in [0.25, 0.3) is 5.56 Å². The van der Waals surface area contributed by atoms with Gasteiger partial charge in [0.15, 0.2) is 0 Å². The van der Waals surface area contributed by atoms with Gasteiger partial charge in [-0.2, -0.15) is 0 Å². The summed E-state index contributed by atoms with van der Waals surface area (Å²) < 4.78 is 29.9. The molecule has 4 rings (SSSR count). The van der Waals surface area contributed by atoms with E-state index in [1.807, 2.05) is 19.9 Å². The maximum absolute atomic E-state index is 13.5. The number of benzene rings is 1. The smallest absolute Gasteiger partial charge is 0.267 e. The highest BCUT2D eigenvalue weighted by Gasteiger charge is 2.24. The fourth-order valence-corrected chi connectivity index (χ4v) is 5.19. The number of pyridine rings is 2. The minimum absolute atomic E-state index is 0.0979. The monoisotopic (exact) mass is 450 g/mol. The summed E-state index contributed by atoms with van der Waals surface area (Å²) in [7, 11) is -3.99. The molecular weight excluding hydrogens is 424 g/mol. The molecule has 1 N–H and O–H groups in total. The molecule has 0 unspecified atom stereocenters. The minimum Gasteiger partial charge on any atom is -0.310 e. The van der Waals surface area contributed by atoms with Gasteiger partial charge < -0.3 is 4.57 Å². The van der Waals surface area contributed by atoms with Crippen LogP contribution in [0.3, 0.4) is 0 Å². The Bertz CT molecular complexity index is 1550. The van der Waals surface area contributed by atoms with E-state index in [1.165, 1.54) is 22.6 Å². The lowest BCUT2D eigenvalue weighted by molar-refractivity contribution is 0.570. The van der Waals surface area contributed by atoms with E-state index in [0.717, 1.165) is 30.4 Å². The summed E-state index contributed by atoms with van der Waals surface area (Å²) in [5.74, 6) is 0. The van der Waals surface area contributed by atoms with Crippen LogP contribution in [0.2, 0.25) is 0 Å². The van der Waals surface area contributed by atoms with Gasteiger partial charge >= 0.3 is 0 Å². The largest absolute Gasteiger partial charge is 0.310 e. The van der Waals surface area contributed by atoms with Gasteiger partial charge in [-0.05, 0) is 50.1 Å². The van der Waals surface area contributed by atoms with Crippen LogP contribution in [0.25, 0.3) is 16.7 Å². The molecule has 0 saturated heterocycles. The molecule has 0 saturated carbocycles. The molecule has 0 amide bonds. The first-order valence-corrected chi connectivity index (χ1v) is 12.2. The average molecular weight is 451 g/mol. The van der Waals surface area contributed by atoms with Crippen LogP contribution in [-0.4, -0.2) is 22.4 Å². The summed E-state index contributed by atoms with van der Waals surface area (Å²) in [6.45, 7) is 6.24. The van der Waals surface area contributed by atoms with Gasteiger partial charge in [-0.15, -0.1) is 0 Å². The number of sulfone groups is 1. The van der Waals surface area contributed by atoms with Crippen molar-refractivity contribution in [1.29, 1.82) is 5.41 Å². The summed E-state index contributed by atoms with van der Waals surface area (Å²) in [6.07, 6.45) is 4.35. The Labute approximate surface area is 186 Å². The maximum atomic E-state index is 13.5. The Kier molecular flexibility index (Phi) is 5.73. The van der Waals surface area contributed by atoms with E-state index in [2.05, 4.69) is 11.9 Å².